The predicted octanol–water partition coefficient (Wildman–Crippen LogP) is 1.57. The van der Waals surface area contributed by atoms with Crippen molar-refractivity contribution < 1.29 is 8.42 Å². The molecule has 1 aliphatic rings. The molecule has 1 aliphatic heterocycles. The predicted molar refractivity (Wildman–Crippen MR) is 74.6 cm³/mol. The summed E-state index contributed by atoms with van der Waals surface area (Å²) in [6.45, 7) is 1.14. The molecule has 0 aromatic heterocycles. The molecule has 100 valence electrons. The minimum absolute atomic E-state index is 0.233. The van der Waals surface area contributed by atoms with Gasteiger partial charge in [0.1, 0.15) is 9.84 Å². The summed E-state index contributed by atoms with van der Waals surface area (Å²) in [5, 5.41) is 3.49. The summed E-state index contributed by atoms with van der Waals surface area (Å²) < 4.78 is 22.2. The Balaban J connectivity index is 1.88. The van der Waals surface area contributed by atoms with Gasteiger partial charge < -0.3 is 5.32 Å². The van der Waals surface area contributed by atoms with Crippen LogP contribution in [0.15, 0.2) is 24.3 Å². The maximum absolute atomic E-state index is 11.1. The van der Waals surface area contributed by atoms with Crippen molar-refractivity contribution >= 4 is 9.84 Å². The summed E-state index contributed by atoms with van der Waals surface area (Å²) in [6, 6.07) is 8.96. The van der Waals surface area contributed by atoms with E-state index in [-0.39, 0.29) is 5.75 Å². The fourth-order valence-corrected chi connectivity index (χ4v) is 2.97. The van der Waals surface area contributed by atoms with E-state index in [2.05, 4.69) is 29.6 Å². The molecular weight excluding hydrogens is 246 g/mol. The summed E-state index contributed by atoms with van der Waals surface area (Å²) in [5.74, 6) is 0.233. The van der Waals surface area contributed by atoms with Gasteiger partial charge in [0.05, 0.1) is 5.75 Å². The van der Waals surface area contributed by atoms with Gasteiger partial charge in [-0.05, 0) is 43.4 Å². The van der Waals surface area contributed by atoms with Crippen molar-refractivity contribution in [2.75, 3.05) is 18.6 Å². The number of rotatable bonds is 5. The quantitative estimate of drug-likeness (QED) is 0.881. The first kappa shape index (κ1) is 13.6. The molecule has 3 nitrogen and oxygen atoms in total. The molecule has 4 heteroatoms. The Bertz CT molecular complexity index is 473. The van der Waals surface area contributed by atoms with Crippen LogP contribution < -0.4 is 5.32 Å². The molecular formula is C14H21NO2S. The Morgan fingerprint density at radius 2 is 1.89 bits per heavy atom. The molecule has 0 radical (unpaired) electrons. The molecule has 1 N–H and O–H groups in total. The third-order valence-corrected chi connectivity index (χ3v) is 4.37. The van der Waals surface area contributed by atoms with E-state index in [4.69, 9.17) is 0 Å². The van der Waals surface area contributed by atoms with E-state index >= 15 is 0 Å². The van der Waals surface area contributed by atoms with E-state index in [1.807, 2.05) is 0 Å². The van der Waals surface area contributed by atoms with Crippen LogP contribution in [0.2, 0.25) is 0 Å². The summed E-state index contributed by atoms with van der Waals surface area (Å²) in [5.41, 5.74) is 2.43. The van der Waals surface area contributed by atoms with Crippen molar-refractivity contribution in [2.24, 2.45) is 0 Å². The van der Waals surface area contributed by atoms with Crippen molar-refractivity contribution in [3.05, 3.63) is 35.4 Å². The summed E-state index contributed by atoms with van der Waals surface area (Å²) in [4.78, 5) is 0. The van der Waals surface area contributed by atoms with Gasteiger partial charge in [0.25, 0.3) is 0 Å². The molecule has 0 aliphatic carbocycles. The van der Waals surface area contributed by atoms with Crippen molar-refractivity contribution in [3.63, 3.8) is 0 Å². The van der Waals surface area contributed by atoms with Crippen LogP contribution in [0.5, 0.6) is 0 Å². The highest BCUT2D eigenvalue weighted by atomic mass is 32.2. The van der Waals surface area contributed by atoms with Gasteiger partial charge in [0.15, 0.2) is 0 Å². The van der Waals surface area contributed by atoms with Gasteiger partial charge in [-0.1, -0.05) is 24.3 Å². The van der Waals surface area contributed by atoms with E-state index < -0.39 is 9.84 Å². The van der Waals surface area contributed by atoms with Gasteiger partial charge in [-0.3, -0.25) is 0 Å². The average molecular weight is 267 g/mol. The average Bonchev–Trinajstić information content (AvgIpc) is 2.80. The first-order valence-electron chi connectivity index (χ1n) is 6.52. The number of sulfone groups is 1. The van der Waals surface area contributed by atoms with E-state index in [0.717, 1.165) is 18.5 Å². The second-order valence-electron chi connectivity index (χ2n) is 5.19. The molecule has 1 atom stereocenters. The Kier molecular flexibility index (Phi) is 4.40. The van der Waals surface area contributed by atoms with Gasteiger partial charge >= 0.3 is 0 Å². The normalized spacial score (nSPS) is 20.2. The number of hydrogen-bond acceptors (Lipinski definition) is 3. The lowest BCUT2D eigenvalue weighted by atomic mass is 10.0. The smallest absolute Gasteiger partial charge is 0.147 e. The van der Waals surface area contributed by atoms with Crippen LogP contribution in [0.1, 0.15) is 24.0 Å². The molecule has 0 spiro atoms. The maximum Gasteiger partial charge on any atom is 0.147 e. The second kappa shape index (κ2) is 5.85. The van der Waals surface area contributed by atoms with Crippen LogP contribution >= 0.6 is 0 Å². The molecule has 1 heterocycles. The minimum Gasteiger partial charge on any atom is -0.314 e. The SMILES string of the molecule is CS(=O)(=O)CCc1ccc(CC2CCCN2)cc1. The number of aryl methyl sites for hydroxylation is 1. The van der Waals surface area contributed by atoms with Crippen molar-refractivity contribution in [3.8, 4) is 0 Å². The zero-order valence-corrected chi connectivity index (χ0v) is 11.7. The zero-order valence-electron chi connectivity index (χ0n) is 10.9. The lowest BCUT2D eigenvalue weighted by Crippen LogP contribution is -2.23. The molecule has 1 aromatic carbocycles. The summed E-state index contributed by atoms with van der Waals surface area (Å²) in [6.07, 6.45) is 5.51. The first-order chi connectivity index (χ1) is 8.53. The highest BCUT2D eigenvalue weighted by molar-refractivity contribution is 7.90. The number of hydrogen-bond donors (Lipinski definition) is 1. The molecule has 0 bridgehead atoms. The van der Waals surface area contributed by atoms with Gasteiger partial charge in [0.2, 0.25) is 0 Å². The fourth-order valence-electron chi connectivity index (χ4n) is 2.36. The molecule has 0 amide bonds. The van der Waals surface area contributed by atoms with Crippen LogP contribution in [0.4, 0.5) is 0 Å². The van der Waals surface area contributed by atoms with E-state index in [1.54, 1.807) is 0 Å². The Labute approximate surface area is 110 Å². The van der Waals surface area contributed by atoms with Crippen molar-refractivity contribution in [1.82, 2.24) is 5.32 Å². The van der Waals surface area contributed by atoms with Gasteiger partial charge in [-0.15, -0.1) is 0 Å². The Morgan fingerprint density at radius 3 is 2.44 bits per heavy atom. The molecule has 0 saturated carbocycles. The standard InChI is InChI=1S/C14H21NO2S/c1-18(16,17)10-8-12-4-6-13(7-5-12)11-14-3-2-9-15-14/h4-7,14-15H,2-3,8-11H2,1H3. The minimum atomic E-state index is -2.86. The third kappa shape index (κ3) is 4.42. The zero-order chi connectivity index (χ0) is 13.0. The Morgan fingerprint density at radius 1 is 1.22 bits per heavy atom. The Hall–Kier alpha value is -0.870. The third-order valence-electron chi connectivity index (χ3n) is 3.43. The van der Waals surface area contributed by atoms with Crippen LogP contribution in [-0.2, 0) is 22.7 Å². The van der Waals surface area contributed by atoms with Gasteiger partial charge in [0, 0.05) is 12.3 Å². The van der Waals surface area contributed by atoms with Gasteiger partial charge in [-0.25, -0.2) is 8.42 Å². The molecule has 1 aromatic rings. The highest BCUT2D eigenvalue weighted by Crippen LogP contribution is 2.13. The van der Waals surface area contributed by atoms with Crippen LogP contribution in [0.3, 0.4) is 0 Å². The van der Waals surface area contributed by atoms with E-state index in [0.29, 0.717) is 12.5 Å². The summed E-state index contributed by atoms with van der Waals surface area (Å²) in [7, 11) is -2.86. The number of benzene rings is 1. The van der Waals surface area contributed by atoms with E-state index in [1.165, 1.54) is 24.7 Å². The molecule has 1 fully saturated rings. The van der Waals surface area contributed by atoms with Crippen LogP contribution in [0, 0.1) is 0 Å². The monoisotopic (exact) mass is 267 g/mol. The lowest BCUT2D eigenvalue weighted by Gasteiger charge is -2.10. The van der Waals surface area contributed by atoms with Crippen molar-refractivity contribution in [2.45, 2.75) is 31.7 Å². The molecule has 1 saturated heterocycles. The lowest BCUT2D eigenvalue weighted by molar-refractivity contribution is 0.601. The maximum atomic E-state index is 11.1. The second-order valence-corrected chi connectivity index (χ2v) is 7.45. The topological polar surface area (TPSA) is 46.2 Å². The summed E-state index contributed by atoms with van der Waals surface area (Å²) >= 11 is 0. The fraction of sp³-hybridized carbons (Fsp3) is 0.571. The number of nitrogens with one attached hydrogen (secondary N) is 1. The van der Waals surface area contributed by atoms with Crippen LogP contribution in [-0.4, -0.2) is 33.0 Å². The van der Waals surface area contributed by atoms with Crippen LogP contribution in [0.25, 0.3) is 0 Å². The molecule has 1 unspecified atom stereocenters. The molecule has 2 rings (SSSR count). The van der Waals surface area contributed by atoms with Crippen molar-refractivity contribution in [1.29, 1.82) is 0 Å². The highest BCUT2D eigenvalue weighted by Gasteiger charge is 2.14. The first-order valence-corrected chi connectivity index (χ1v) is 8.58. The molecule has 18 heavy (non-hydrogen) atoms. The van der Waals surface area contributed by atoms with Gasteiger partial charge in [-0.2, -0.15) is 0 Å². The van der Waals surface area contributed by atoms with E-state index in [9.17, 15) is 8.42 Å². The largest absolute Gasteiger partial charge is 0.314 e.